The molecule has 0 saturated carbocycles. The number of nitrogens with two attached hydrogens (primary N) is 1. The van der Waals surface area contributed by atoms with E-state index in [1.54, 1.807) is 5.38 Å². The average Bonchev–Trinajstić information content (AvgIpc) is 3.21. The third kappa shape index (κ3) is 3.34. The molecule has 24 heavy (non-hydrogen) atoms. The lowest BCUT2D eigenvalue weighted by atomic mass is 10.2. The van der Waals surface area contributed by atoms with Gasteiger partial charge in [0.2, 0.25) is 0 Å². The van der Waals surface area contributed by atoms with Crippen molar-refractivity contribution in [3.8, 4) is 0 Å². The van der Waals surface area contributed by atoms with Crippen LogP contribution in [0.1, 0.15) is 43.8 Å². The third-order valence-corrected chi connectivity index (χ3v) is 5.82. The fourth-order valence-corrected chi connectivity index (χ4v) is 4.45. The van der Waals surface area contributed by atoms with E-state index < -0.39 is 23.9 Å². The average molecular weight is 364 g/mol. The van der Waals surface area contributed by atoms with Crippen LogP contribution in [0.25, 0.3) is 0 Å². The van der Waals surface area contributed by atoms with Gasteiger partial charge in [0.05, 0.1) is 5.56 Å². The first kappa shape index (κ1) is 16.7. The van der Waals surface area contributed by atoms with E-state index in [1.165, 1.54) is 46.1 Å². The van der Waals surface area contributed by atoms with Gasteiger partial charge in [-0.3, -0.25) is 9.59 Å². The molecule has 0 fully saturated rings. The largest absolute Gasteiger partial charge is 0.448 e. The lowest BCUT2D eigenvalue weighted by Crippen LogP contribution is -2.30. The molecule has 1 aliphatic rings. The van der Waals surface area contributed by atoms with Crippen LogP contribution in [0.4, 0.5) is 5.00 Å². The van der Waals surface area contributed by atoms with Gasteiger partial charge >= 0.3 is 5.97 Å². The lowest BCUT2D eigenvalue weighted by Gasteiger charge is -2.12. The molecule has 0 radical (unpaired) electrons. The van der Waals surface area contributed by atoms with Crippen LogP contribution < -0.4 is 11.1 Å². The molecule has 3 rings (SSSR count). The summed E-state index contributed by atoms with van der Waals surface area (Å²) in [5, 5.41) is 4.58. The van der Waals surface area contributed by atoms with Gasteiger partial charge < -0.3 is 15.8 Å². The third-order valence-electron chi connectivity index (χ3n) is 3.77. The maximum atomic E-state index is 12.2. The van der Waals surface area contributed by atoms with Gasteiger partial charge in [-0.1, -0.05) is 0 Å². The number of fused-ring (bicyclic) bond motifs is 1. The first-order valence-electron chi connectivity index (χ1n) is 7.46. The Hall–Kier alpha value is -2.19. The summed E-state index contributed by atoms with van der Waals surface area (Å²) in [4.78, 5) is 37.3. The first-order valence-corrected chi connectivity index (χ1v) is 9.16. The Morgan fingerprint density at radius 2 is 2.12 bits per heavy atom. The van der Waals surface area contributed by atoms with Crippen molar-refractivity contribution in [2.75, 3.05) is 5.32 Å². The van der Waals surface area contributed by atoms with Crippen molar-refractivity contribution < 1.29 is 19.1 Å². The monoisotopic (exact) mass is 364 g/mol. The zero-order chi connectivity index (χ0) is 17.3. The zero-order valence-electron chi connectivity index (χ0n) is 13.0. The van der Waals surface area contributed by atoms with E-state index in [1.807, 2.05) is 6.07 Å². The highest BCUT2D eigenvalue weighted by atomic mass is 32.1. The van der Waals surface area contributed by atoms with Gasteiger partial charge in [-0.25, -0.2) is 4.79 Å². The molecular weight excluding hydrogens is 348 g/mol. The number of rotatable bonds is 5. The topological polar surface area (TPSA) is 98.5 Å². The quantitative estimate of drug-likeness (QED) is 0.797. The highest BCUT2D eigenvalue weighted by Gasteiger charge is 2.24. The van der Waals surface area contributed by atoms with Crippen LogP contribution in [0.2, 0.25) is 0 Å². The summed E-state index contributed by atoms with van der Waals surface area (Å²) in [7, 11) is 0. The van der Waals surface area contributed by atoms with E-state index in [-0.39, 0.29) is 5.56 Å². The molecule has 0 saturated heterocycles. The summed E-state index contributed by atoms with van der Waals surface area (Å²) in [6.45, 7) is 1.49. The van der Waals surface area contributed by atoms with Crippen molar-refractivity contribution in [2.24, 2.45) is 5.73 Å². The number of carbonyl (C=O) groups is 3. The summed E-state index contributed by atoms with van der Waals surface area (Å²) >= 11 is 2.61. The second kappa shape index (κ2) is 6.74. The van der Waals surface area contributed by atoms with E-state index in [2.05, 4.69) is 5.32 Å². The Bertz CT molecular complexity index is 787. The number of primary amides is 1. The van der Waals surface area contributed by atoms with E-state index in [4.69, 9.17) is 10.5 Å². The highest BCUT2D eigenvalue weighted by Crippen LogP contribution is 2.31. The molecule has 0 unspecified atom stereocenters. The molecule has 2 aromatic heterocycles. The number of hydrogen-bond donors (Lipinski definition) is 2. The summed E-state index contributed by atoms with van der Waals surface area (Å²) in [5.74, 6) is -1.62. The Morgan fingerprint density at radius 3 is 2.83 bits per heavy atom. The molecule has 3 N–H and O–H groups in total. The van der Waals surface area contributed by atoms with Gasteiger partial charge in [-0.05, 0) is 49.3 Å². The lowest BCUT2D eigenvalue weighted by molar-refractivity contribution is -0.123. The Morgan fingerprint density at radius 1 is 1.33 bits per heavy atom. The van der Waals surface area contributed by atoms with Crippen LogP contribution in [0, 0.1) is 0 Å². The van der Waals surface area contributed by atoms with Crippen LogP contribution >= 0.6 is 22.7 Å². The smallest absolute Gasteiger partial charge is 0.349 e. The zero-order valence-corrected chi connectivity index (χ0v) is 14.6. The number of anilines is 1. The number of hydrogen-bond acceptors (Lipinski definition) is 6. The molecule has 1 aliphatic carbocycles. The number of amides is 2. The SMILES string of the molecule is C[C@@H](OC(=O)c1cc2c(s1)CCC2)C(=O)Nc1sccc1C(N)=O. The molecule has 0 aliphatic heterocycles. The van der Waals surface area contributed by atoms with E-state index in [0.29, 0.717) is 9.88 Å². The van der Waals surface area contributed by atoms with Crippen LogP contribution in [0.3, 0.4) is 0 Å². The van der Waals surface area contributed by atoms with Crippen LogP contribution in [-0.2, 0) is 22.4 Å². The fraction of sp³-hybridized carbons (Fsp3) is 0.312. The minimum Gasteiger partial charge on any atom is -0.448 e. The van der Waals surface area contributed by atoms with Gasteiger partial charge in [-0.15, -0.1) is 22.7 Å². The number of nitrogens with one attached hydrogen (secondary N) is 1. The molecule has 0 aromatic carbocycles. The summed E-state index contributed by atoms with van der Waals surface area (Å²) in [6.07, 6.45) is 2.14. The van der Waals surface area contributed by atoms with Gasteiger partial charge in [-0.2, -0.15) is 0 Å². The van der Waals surface area contributed by atoms with E-state index >= 15 is 0 Å². The van der Waals surface area contributed by atoms with Crippen LogP contribution in [0.5, 0.6) is 0 Å². The molecule has 8 heteroatoms. The Kier molecular flexibility index (Phi) is 4.68. The fourth-order valence-electron chi connectivity index (χ4n) is 2.52. The summed E-state index contributed by atoms with van der Waals surface area (Å²) in [6, 6.07) is 3.39. The normalized spacial score (nSPS) is 14.0. The van der Waals surface area contributed by atoms with E-state index in [9.17, 15) is 14.4 Å². The van der Waals surface area contributed by atoms with Crippen molar-refractivity contribution in [3.05, 3.63) is 38.4 Å². The van der Waals surface area contributed by atoms with Gasteiger partial charge in [0.25, 0.3) is 11.8 Å². The van der Waals surface area contributed by atoms with Crippen molar-refractivity contribution in [1.82, 2.24) is 0 Å². The minimum atomic E-state index is -0.975. The molecular formula is C16H16N2O4S2. The van der Waals surface area contributed by atoms with Gasteiger partial charge in [0.1, 0.15) is 9.88 Å². The number of esters is 1. The van der Waals surface area contributed by atoms with Crippen molar-refractivity contribution in [2.45, 2.75) is 32.3 Å². The maximum absolute atomic E-state index is 12.2. The molecule has 1 atom stereocenters. The molecule has 2 heterocycles. The predicted octanol–water partition coefficient (Wildman–Crippen LogP) is 2.58. The summed E-state index contributed by atoms with van der Waals surface area (Å²) in [5.41, 5.74) is 6.68. The molecule has 2 aromatic rings. The standard InChI is InChI=1S/C16H16N2O4S2/c1-8(14(20)18-15-10(13(17)19)5-6-23-15)22-16(21)12-7-9-3-2-4-11(9)24-12/h5-8H,2-4H2,1H3,(H2,17,19)(H,18,20)/t8-/m1/s1. The van der Waals surface area contributed by atoms with Gasteiger partial charge in [0, 0.05) is 4.88 Å². The first-order chi connectivity index (χ1) is 11.5. The predicted molar refractivity (Wildman–Crippen MR) is 92.7 cm³/mol. The number of ether oxygens (including phenoxy) is 1. The van der Waals surface area contributed by atoms with Crippen LogP contribution in [-0.4, -0.2) is 23.9 Å². The number of thiophene rings is 2. The second-order valence-corrected chi connectivity index (χ2v) is 7.53. The summed E-state index contributed by atoms with van der Waals surface area (Å²) < 4.78 is 5.23. The maximum Gasteiger partial charge on any atom is 0.349 e. The highest BCUT2D eigenvalue weighted by molar-refractivity contribution is 7.15. The minimum absolute atomic E-state index is 0.238. The number of aryl methyl sites for hydroxylation is 2. The van der Waals surface area contributed by atoms with Crippen molar-refractivity contribution in [1.29, 1.82) is 0 Å². The Balaban J connectivity index is 1.62. The van der Waals surface area contributed by atoms with Gasteiger partial charge in [0.15, 0.2) is 6.10 Å². The second-order valence-electron chi connectivity index (χ2n) is 5.48. The van der Waals surface area contributed by atoms with Crippen molar-refractivity contribution >= 4 is 45.5 Å². The Labute approximate surface area is 146 Å². The molecule has 0 bridgehead atoms. The number of carbonyl (C=O) groups excluding carboxylic acids is 3. The molecule has 6 nitrogen and oxygen atoms in total. The van der Waals surface area contributed by atoms with Crippen molar-refractivity contribution in [3.63, 3.8) is 0 Å². The molecule has 0 spiro atoms. The molecule has 126 valence electrons. The van der Waals surface area contributed by atoms with Crippen LogP contribution in [0.15, 0.2) is 17.5 Å². The van der Waals surface area contributed by atoms with E-state index in [0.717, 1.165) is 19.3 Å². The molecule has 2 amide bonds.